The predicted molar refractivity (Wildman–Crippen MR) is 81.5 cm³/mol. The number of hydrogen-bond acceptors (Lipinski definition) is 3. The SMILES string of the molecule is CCOc1ccc(C(=O)NCCCn2ccc(C)n2)cc1. The average Bonchev–Trinajstić information content (AvgIpc) is 2.90. The van der Waals surface area contributed by atoms with Gasteiger partial charge < -0.3 is 10.1 Å². The second-order valence-corrected chi connectivity index (χ2v) is 4.79. The van der Waals surface area contributed by atoms with E-state index in [1.165, 1.54) is 0 Å². The maximum Gasteiger partial charge on any atom is 0.251 e. The van der Waals surface area contributed by atoms with E-state index in [4.69, 9.17) is 4.74 Å². The number of ether oxygens (including phenoxy) is 1. The first kappa shape index (κ1) is 15.1. The molecular formula is C16H21N3O2. The van der Waals surface area contributed by atoms with Gasteiger partial charge in [-0.2, -0.15) is 5.10 Å². The van der Waals surface area contributed by atoms with Gasteiger partial charge in [0.25, 0.3) is 5.91 Å². The van der Waals surface area contributed by atoms with Gasteiger partial charge in [-0.05, 0) is 50.6 Å². The molecule has 112 valence electrons. The van der Waals surface area contributed by atoms with Gasteiger partial charge in [0.2, 0.25) is 0 Å². The van der Waals surface area contributed by atoms with E-state index < -0.39 is 0 Å². The Kier molecular flexibility index (Phi) is 5.37. The fourth-order valence-electron chi connectivity index (χ4n) is 2.00. The summed E-state index contributed by atoms with van der Waals surface area (Å²) in [7, 11) is 0. The van der Waals surface area contributed by atoms with Crippen LogP contribution < -0.4 is 10.1 Å². The Morgan fingerprint density at radius 1 is 1.29 bits per heavy atom. The molecule has 0 atom stereocenters. The zero-order chi connectivity index (χ0) is 15.1. The number of nitrogens with zero attached hydrogens (tertiary/aromatic N) is 2. The highest BCUT2D eigenvalue weighted by molar-refractivity contribution is 5.94. The molecule has 1 aromatic carbocycles. The van der Waals surface area contributed by atoms with Crippen molar-refractivity contribution in [3.8, 4) is 5.75 Å². The number of hydrogen-bond donors (Lipinski definition) is 1. The molecule has 0 saturated carbocycles. The van der Waals surface area contributed by atoms with Crippen LogP contribution in [0.15, 0.2) is 36.5 Å². The molecule has 0 aliphatic carbocycles. The summed E-state index contributed by atoms with van der Waals surface area (Å²) < 4.78 is 7.24. The van der Waals surface area contributed by atoms with Gasteiger partial charge in [0.05, 0.1) is 12.3 Å². The molecule has 0 radical (unpaired) electrons. The lowest BCUT2D eigenvalue weighted by Crippen LogP contribution is -2.25. The van der Waals surface area contributed by atoms with Crippen molar-refractivity contribution in [2.24, 2.45) is 0 Å². The van der Waals surface area contributed by atoms with E-state index in [0.29, 0.717) is 18.7 Å². The molecule has 0 spiro atoms. The zero-order valence-corrected chi connectivity index (χ0v) is 12.5. The molecule has 0 fully saturated rings. The van der Waals surface area contributed by atoms with Crippen LogP contribution in [-0.4, -0.2) is 28.8 Å². The van der Waals surface area contributed by atoms with Gasteiger partial charge in [-0.25, -0.2) is 0 Å². The molecule has 21 heavy (non-hydrogen) atoms. The van der Waals surface area contributed by atoms with Crippen LogP contribution >= 0.6 is 0 Å². The molecule has 2 aromatic rings. The van der Waals surface area contributed by atoms with E-state index in [2.05, 4.69) is 10.4 Å². The number of aromatic nitrogens is 2. The summed E-state index contributed by atoms with van der Waals surface area (Å²) in [5.41, 5.74) is 1.65. The quantitative estimate of drug-likeness (QED) is 0.796. The van der Waals surface area contributed by atoms with E-state index in [-0.39, 0.29) is 5.91 Å². The normalized spacial score (nSPS) is 10.4. The number of aryl methyl sites for hydroxylation is 2. The van der Waals surface area contributed by atoms with Gasteiger partial charge in [-0.15, -0.1) is 0 Å². The topological polar surface area (TPSA) is 56.1 Å². The Labute approximate surface area is 124 Å². The van der Waals surface area contributed by atoms with Crippen molar-refractivity contribution >= 4 is 5.91 Å². The molecule has 0 saturated heterocycles. The molecule has 0 bridgehead atoms. The zero-order valence-electron chi connectivity index (χ0n) is 12.5. The van der Waals surface area contributed by atoms with Crippen molar-refractivity contribution in [3.63, 3.8) is 0 Å². The molecule has 1 aromatic heterocycles. The Bertz CT molecular complexity index is 575. The summed E-state index contributed by atoms with van der Waals surface area (Å²) in [5, 5.41) is 7.21. The van der Waals surface area contributed by atoms with Crippen LogP contribution in [-0.2, 0) is 6.54 Å². The largest absolute Gasteiger partial charge is 0.494 e. The summed E-state index contributed by atoms with van der Waals surface area (Å²) >= 11 is 0. The minimum absolute atomic E-state index is 0.0605. The Balaban J connectivity index is 1.73. The highest BCUT2D eigenvalue weighted by Gasteiger charge is 2.04. The second-order valence-electron chi connectivity index (χ2n) is 4.79. The molecule has 1 amide bonds. The van der Waals surface area contributed by atoms with Crippen LogP contribution in [0.4, 0.5) is 0 Å². The summed E-state index contributed by atoms with van der Waals surface area (Å²) in [5.74, 6) is 0.720. The summed E-state index contributed by atoms with van der Waals surface area (Å²) in [6.07, 6.45) is 2.80. The van der Waals surface area contributed by atoms with Crippen molar-refractivity contribution < 1.29 is 9.53 Å². The van der Waals surface area contributed by atoms with Crippen molar-refractivity contribution in [2.75, 3.05) is 13.2 Å². The second kappa shape index (κ2) is 7.47. The predicted octanol–water partition coefficient (Wildman–Crippen LogP) is 2.41. The first-order valence-corrected chi connectivity index (χ1v) is 7.20. The molecule has 0 aliphatic heterocycles. The number of carbonyl (C=O) groups excluding carboxylic acids is 1. The van der Waals surface area contributed by atoms with Crippen LogP contribution in [0.5, 0.6) is 5.75 Å². The molecule has 2 rings (SSSR count). The van der Waals surface area contributed by atoms with Crippen LogP contribution in [0, 0.1) is 6.92 Å². The number of rotatable bonds is 7. The van der Waals surface area contributed by atoms with Gasteiger partial charge in [-0.3, -0.25) is 9.48 Å². The standard InChI is InChI=1S/C16H21N3O2/c1-3-21-15-7-5-14(6-8-15)16(20)17-10-4-11-19-12-9-13(2)18-19/h5-9,12H,3-4,10-11H2,1-2H3,(H,17,20). The van der Waals surface area contributed by atoms with E-state index in [0.717, 1.165) is 24.4 Å². The molecule has 5 nitrogen and oxygen atoms in total. The summed E-state index contributed by atoms with van der Waals surface area (Å²) in [4.78, 5) is 12.0. The van der Waals surface area contributed by atoms with Crippen molar-refractivity contribution in [3.05, 3.63) is 47.8 Å². The maximum absolute atomic E-state index is 12.0. The van der Waals surface area contributed by atoms with Crippen molar-refractivity contribution in [2.45, 2.75) is 26.8 Å². The first-order chi connectivity index (χ1) is 10.2. The van der Waals surface area contributed by atoms with Gasteiger partial charge in [0.1, 0.15) is 5.75 Å². The van der Waals surface area contributed by atoms with Gasteiger partial charge in [0, 0.05) is 24.8 Å². The minimum atomic E-state index is -0.0605. The van der Waals surface area contributed by atoms with Crippen LogP contribution in [0.3, 0.4) is 0 Å². The highest BCUT2D eigenvalue weighted by atomic mass is 16.5. The van der Waals surface area contributed by atoms with E-state index in [1.54, 1.807) is 12.1 Å². The molecular weight excluding hydrogens is 266 g/mol. The molecule has 1 heterocycles. The third-order valence-corrected chi connectivity index (χ3v) is 3.05. The smallest absolute Gasteiger partial charge is 0.251 e. The third-order valence-electron chi connectivity index (χ3n) is 3.05. The number of benzene rings is 1. The number of carbonyl (C=O) groups is 1. The lowest BCUT2D eigenvalue weighted by Gasteiger charge is -2.07. The Morgan fingerprint density at radius 3 is 2.67 bits per heavy atom. The lowest BCUT2D eigenvalue weighted by molar-refractivity contribution is 0.0952. The molecule has 0 unspecified atom stereocenters. The maximum atomic E-state index is 12.0. The number of nitrogens with one attached hydrogen (secondary N) is 1. The van der Waals surface area contributed by atoms with Crippen LogP contribution in [0.2, 0.25) is 0 Å². The number of amides is 1. The van der Waals surface area contributed by atoms with E-state index in [9.17, 15) is 4.79 Å². The Morgan fingerprint density at radius 2 is 2.05 bits per heavy atom. The van der Waals surface area contributed by atoms with Crippen molar-refractivity contribution in [1.29, 1.82) is 0 Å². The van der Waals surface area contributed by atoms with E-state index >= 15 is 0 Å². The highest BCUT2D eigenvalue weighted by Crippen LogP contribution is 2.11. The fraction of sp³-hybridized carbons (Fsp3) is 0.375. The molecule has 5 heteroatoms. The third kappa shape index (κ3) is 4.63. The van der Waals surface area contributed by atoms with Crippen LogP contribution in [0.25, 0.3) is 0 Å². The molecule has 1 N–H and O–H groups in total. The Hall–Kier alpha value is -2.30. The average molecular weight is 287 g/mol. The summed E-state index contributed by atoms with van der Waals surface area (Å²) in [6, 6.07) is 9.14. The molecule has 0 aliphatic rings. The van der Waals surface area contributed by atoms with Gasteiger partial charge in [0.15, 0.2) is 0 Å². The monoisotopic (exact) mass is 287 g/mol. The first-order valence-electron chi connectivity index (χ1n) is 7.20. The summed E-state index contributed by atoms with van der Waals surface area (Å²) in [6.45, 7) is 5.95. The van der Waals surface area contributed by atoms with Crippen LogP contribution in [0.1, 0.15) is 29.4 Å². The minimum Gasteiger partial charge on any atom is -0.494 e. The van der Waals surface area contributed by atoms with Gasteiger partial charge in [-0.1, -0.05) is 0 Å². The van der Waals surface area contributed by atoms with E-state index in [1.807, 2.05) is 42.9 Å². The van der Waals surface area contributed by atoms with Crippen molar-refractivity contribution in [1.82, 2.24) is 15.1 Å². The fourth-order valence-corrected chi connectivity index (χ4v) is 2.00. The van der Waals surface area contributed by atoms with Gasteiger partial charge >= 0.3 is 0 Å². The lowest BCUT2D eigenvalue weighted by atomic mass is 10.2.